The minimum Gasteiger partial charge on any atom is -0.496 e. The molecule has 2 aromatic rings. The van der Waals surface area contributed by atoms with Crippen molar-refractivity contribution in [2.24, 2.45) is 0 Å². The van der Waals surface area contributed by atoms with Gasteiger partial charge < -0.3 is 24.8 Å². The zero-order valence-electron chi connectivity index (χ0n) is 15.3. The molecule has 0 unspecified atom stereocenters. The second-order valence-electron chi connectivity index (χ2n) is 5.43. The smallest absolute Gasteiger partial charge is 0.255 e. The molecule has 2 amide bonds. The first-order chi connectivity index (χ1) is 13.0. The summed E-state index contributed by atoms with van der Waals surface area (Å²) in [6.45, 7) is 0.495. The Bertz CT molecular complexity index is 826. The summed E-state index contributed by atoms with van der Waals surface area (Å²) in [6.07, 6.45) is 0. The van der Waals surface area contributed by atoms with E-state index in [0.29, 0.717) is 33.4 Å². The first-order valence-corrected chi connectivity index (χ1v) is 8.50. The number of benzene rings is 2. The van der Waals surface area contributed by atoms with Crippen LogP contribution < -0.4 is 24.8 Å². The second kappa shape index (κ2) is 9.68. The molecule has 0 saturated carbocycles. The van der Waals surface area contributed by atoms with E-state index in [0.717, 1.165) is 0 Å². The quantitative estimate of drug-likeness (QED) is 0.674. The molecular weight excluding hydrogens is 372 g/mol. The van der Waals surface area contributed by atoms with Gasteiger partial charge in [0.25, 0.3) is 11.8 Å². The fourth-order valence-electron chi connectivity index (χ4n) is 2.38. The lowest BCUT2D eigenvalue weighted by molar-refractivity contribution is 0.0926. The van der Waals surface area contributed by atoms with Crippen molar-refractivity contribution in [1.29, 1.82) is 0 Å². The van der Waals surface area contributed by atoms with Crippen LogP contribution in [0.5, 0.6) is 17.2 Å². The van der Waals surface area contributed by atoms with Crippen LogP contribution in [0, 0.1) is 0 Å². The molecular formula is C19H21ClN2O5. The highest BCUT2D eigenvalue weighted by molar-refractivity contribution is 6.31. The number of hydrogen-bond acceptors (Lipinski definition) is 5. The first kappa shape index (κ1) is 20.4. The van der Waals surface area contributed by atoms with Gasteiger partial charge in [-0.2, -0.15) is 0 Å². The summed E-state index contributed by atoms with van der Waals surface area (Å²) in [7, 11) is 4.50. The van der Waals surface area contributed by atoms with Crippen molar-refractivity contribution in [3.05, 3.63) is 52.5 Å². The second-order valence-corrected chi connectivity index (χ2v) is 5.86. The van der Waals surface area contributed by atoms with Crippen LogP contribution in [0.15, 0.2) is 36.4 Å². The highest BCUT2D eigenvalue weighted by Gasteiger charge is 2.13. The molecule has 0 atom stereocenters. The number of ether oxygens (including phenoxy) is 3. The van der Waals surface area contributed by atoms with Crippen LogP contribution >= 0.6 is 11.6 Å². The molecule has 144 valence electrons. The fourth-order valence-corrected chi connectivity index (χ4v) is 2.56. The number of methoxy groups -OCH3 is 3. The van der Waals surface area contributed by atoms with Gasteiger partial charge in [-0.1, -0.05) is 11.6 Å². The van der Waals surface area contributed by atoms with E-state index in [9.17, 15) is 9.59 Å². The predicted molar refractivity (Wildman–Crippen MR) is 102 cm³/mol. The van der Waals surface area contributed by atoms with E-state index >= 15 is 0 Å². The molecule has 0 fully saturated rings. The van der Waals surface area contributed by atoms with Crippen molar-refractivity contribution in [2.45, 2.75) is 0 Å². The first-order valence-electron chi connectivity index (χ1n) is 8.12. The number of rotatable bonds is 8. The summed E-state index contributed by atoms with van der Waals surface area (Å²) in [4.78, 5) is 24.5. The zero-order chi connectivity index (χ0) is 19.8. The van der Waals surface area contributed by atoms with Gasteiger partial charge in [0.05, 0.1) is 26.9 Å². The summed E-state index contributed by atoms with van der Waals surface area (Å²) < 4.78 is 15.5. The number of amides is 2. The Morgan fingerprint density at radius 2 is 1.41 bits per heavy atom. The molecule has 0 bridgehead atoms. The minimum atomic E-state index is -0.338. The summed E-state index contributed by atoms with van der Waals surface area (Å²) in [6, 6.07) is 9.66. The summed E-state index contributed by atoms with van der Waals surface area (Å²) in [5.74, 6) is 0.801. The molecule has 2 N–H and O–H groups in total. The molecule has 0 heterocycles. The van der Waals surface area contributed by atoms with Crippen molar-refractivity contribution < 1.29 is 23.8 Å². The summed E-state index contributed by atoms with van der Waals surface area (Å²) >= 11 is 5.92. The van der Waals surface area contributed by atoms with E-state index < -0.39 is 0 Å². The number of carbonyl (C=O) groups is 2. The maximum atomic E-state index is 12.3. The molecule has 8 heteroatoms. The Labute approximate surface area is 162 Å². The molecule has 0 saturated heterocycles. The normalized spacial score (nSPS) is 10.1. The third kappa shape index (κ3) is 5.27. The fraction of sp³-hybridized carbons (Fsp3) is 0.263. The Morgan fingerprint density at radius 3 is 2.04 bits per heavy atom. The van der Waals surface area contributed by atoms with Crippen molar-refractivity contribution in [3.63, 3.8) is 0 Å². The molecule has 0 aromatic heterocycles. The van der Waals surface area contributed by atoms with Crippen LogP contribution in [-0.4, -0.2) is 46.2 Å². The van der Waals surface area contributed by atoms with E-state index in [1.165, 1.54) is 27.4 Å². The van der Waals surface area contributed by atoms with Crippen LogP contribution in [-0.2, 0) is 0 Å². The zero-order valence-corrected chi connectivity index (χ0v) is 16.1. The van der Waals surface area contributed by atoms with Crippen molar-refractivity contribution >= 4 is 23.4 Å². The third-order valence-electron chi connectivity index (χ3n) is 3.75. The number of hydrogen-bond donors (Lipinski definition) is 2. The lowest BCUT2D eigenvalue weighted by Crippen LogP contribution is -2.34. The topological polar surface area (TPSA) is 85.9 Å². The molecule has 0 spiro atoms. The molecule has 0 aliphatic heterocycles. The molecule has 2 rings (SSSR count). The lowest BCUT2D eigenvalue weighted by atomic mass is 10.2. The van der Waals surface area contributed by atoms with E-state index in [2.05, 4.69) is 10.6 Å². The Morgan fingerprint density at radius 1 is 0.815 bits per heavy atom. The molecule has 0 aliphatic rings. The number of carbonyl (C=O) groups excluding carboxylic acids is 2. The van der Waals surface area contributed by atoms with Gasteiger partial charge in [-0.05, 0) is 36.4 Å². The van der Waals surface area contributed by atoms with Crippen molar-refractivity contribution in [1.82, 2.24) is 10.6 Å². The molecule has 2 aromatic carbocycles. The van der Waals surface area contributed by atoms with E-state index in [-0.39, 0.29) is 24.9 Å². The molecule has 0 aliphatic carbocycles. The number of nitrogens with one attached hydrogen (secondary N) is 2. The van der Waals surface area contributed by atoms with Gasteiger partial charge in [0, 0.05) is 23.7 Å². The molecule has 0 radical (unpaired) electrons. The Hall–Kier alpha value is -2.93. The van der Waals surface area contributed by atoms with E-state index in [4.69, 9.17) is 25.8 Å². The third-order valence-corrected chi connectivity index (χ3v) is 3.98. The van der Waals surface area contributed by atoms with Gasteiger partial charge in [-0.3, -0.25) is 9.59 Å². The standard InChI is InChI=1S/C19H21ClN2O5/c1-25-15-7-5-13(20)11-14(15)19(24)22-9-8-21-18(23)12-4-6-16(26-2)17(10-12)27-3/h4-7,10-11H,8-9H2,1-3H3,(H,21,23)(H,22,24). The molecule has 27 heavy (non-hydrogen) atoms. The maximum Gasteiger partial charge on any atom is 0.255 e. The number of halogens is 1. The van der Waals surface area contributed by atoms with Gasteiger partial charge in [-0.25, -0.2) is 0 Å². The van der Waals surface area contributed by atoms with Gasteiger partial charge in [-0.15, -0.1) is 0 Å². The van der Waals surface area contributed by atoms with Gasteiger partial charge in [0.2, 0.25) is 0 Å². The van der Waals surface area contributed by atoms with E-state index in [1.54, 1.807) is 30.3 Å². The highest BCUT2D eigenvalue weighted by atomic mass is 35.5. The average molecular weight is 393 g/mol. The summed E-state index contributed by atoms with van der Waals surface area (Å²) in [5.41, 5.74) is 0.756. The van der Waals surface area contributed by atoms with Crippen molar-refractivity contribution in [2.75, 3.05) is 34.4 Å². The van der Waals surface area contributed by atoms with Crippen LogP contribution in [0.25, 0.3) is 0 Å². The predicted octanol–water partition coefficient (Wildman–Crippen LogP) is 2.53. The summed E-state index contributed by atoms with van der Waals surface area (Å²) in [5, 5.41) is 5.87. The van der Waals surface area contributed by atoms with Crippen LogP contribution in [0.3, 0.4) is 0 Å². The maximum absolute atomic E-state index is 12.3. The Balaban J connectivity index is 1.89. The van der Waals surface area contributed by atoms with Crippen LogP contribution in [0.1, 0.15) is 20.7 Å². The minimum absolute atomic E-state index is 0.244. The van der Waals surface area contributed by atoms with Crippen molar-refractivity contribution in [3.8, 4) is 17.2 Å². The monoisotopic (exact) mass is 392 g/mol. The largest absolute Gasteiger partial charge is 0.496 e. The van der Waals surface area contributed by atoms with Gasteiger partial charge in [0.1, 0.15) is 5.75 Å². The highest BCUT2D eigenvalue weighted by Crippen LogP contribution is 2.27. The molecule has 7 nitrogen and oxygen atoms in total. The van der Waals surface area contributed by atoms with E-state index in [1.807, 2.05) is 0 Å². The Kier molecular flexibility index (Phi) is 7.31. The van der Waals surface area contributed by atoms with Crippen LogP contribution in [0.4, 0.5) is 0 Å². The average Bonchev–Trinajstić information content (AvgIpc) is 2.70. The van der Waals surface area contributed by atoms with Crippen LogP contribution in [0.2, 0.25) is 5.02 Å². The SMILES string of the molecule is COc1ccc(C(=O)NCCNC(=O)c2cc(Cl)ccc2OC)cc1OC. The van der Waals surface area contributed by atoms with Gasteiger partial charge in [0.15, 0.2) is 11.5 Å². The lowest BCUT2D eigenvalue weighted by Gasteiger charge is -2.11. The van der Waals surface area contributed by atoms with Gasteiger partial charge >= 0.3 is 0 Å².